The van der Waals surface area contributed by atoms with Gasteiger partial charge in [-0.25, -0.2) is 9.78 Å². The summed E-state index contributed by atoms with van der Waals surface area (Å²) in [6.07, 6.45) is 17.1. The van der Waals surface area contributed by atoms with Crippen molar-refractivity contribution in [3.8, 4) is 0 Å². The Hall–Kier alpha value is -0.640. The number of allylic oxidation sites excluding steroid dienone is 2. The quantitative estimate of drug-likeness (QED) is 0.368. The van der Waals surface area contributed by atoms with Crippen molar-refractivity contribution in [2.75, 3.05) is 0 Å². The van der Waals surface area contributed by atoms with E-state index in [0.717, 1.165) is 24.7 Å². The lowest BCUT2D eigenvalue weighted by atomic mass is 9.42. The normalized spacial score (nSPS) is 50.8. The maximum Gasteiger partial charge on any atom is 0.130 e. The minimum Gasteiger partial charge on any atom is -0.393 e. The van der Waals surface area contributed by atoms with E-state index in [4.69, 9.17) is 9.78 Å². The summed E-state index contributed by atoms with van der Waals surface area (Å²) in [5, 5.41) is 10.4. The molecule has 2 bridgehead atoms. The Labute approximate surface area is 195 Å². The molecule has 2 spiro atoms. The van der Waals surface area contributed by atoms with Crippen LogP contribution in [0, 0.1) is 40.4 Å². The summed E-state index contributed by atoms with van der Waals surface area (Å²) in [4.78, 5) is 12.8. The molecule has 3 heteroatoms. The van der Waals surface area contributed by atoms with Crippen molar-refractivity contribution in [1.29, 1.82) is 0 Å². The third-order valence-electron chi connectivity index (χ3n) is 11.4. The molecule has 6 rings (SSSR count). The van der Waals surface area contributed by atoms with Gasteiger partial charge in [-0.15, -0.1) is 0 Å². The molecule has 9 atom stereocenters. The van der Waals surface area contributed by atoms with Crippen molar-refractivity contribution >= 4 is 0 Å². The van der Waals surface area contributed by atoms with E-state index in [2.05, 4.69) is 59.8 Å². The first-order valence-corrected chi connectivity index (χ1v) is 13.5. The lowest BCUT2D eigenvalue weighted by Crippen LogP contribution is -2.73. The molecule has 32 heavy (non-hydrogen) atoms. The van der Waals surface area contributed by atoms with Crippen molar-refractivity contribution < 1.29 is 14.9 Å². The first-order valence-electron chi connectivity index (χ1n) is 13.5. The average Bonchev–Trinajstić information content (AvgIpc) is 3.12. The molecule has 4 aliphatic carbocycles. The largest absolute Gasteiger partial charge is 0.393 e. The lowest BCUT2D eigenvalue weighted by molar-refractivity contribution is -0.497. The first kappa shape index (κ1) is 23.1. The zero-order valence-electron chi connectivity index (χ0n) is 21.3. The molecule has 180 valence electrons. The monoisotopic (exact) mass is 442 g/mol. The van der Waals surface area contributed by atoms with Gasteiger partial charge in [-0.3, -0.25) is 0 Å². The molecule has 1 saturated heterocycles. The molecule has 3 nitrogen and oxygen atoms in total. The second kappa shape index (κ2) is 7.68. The van der Waals surface area contributed by atoms with E-state index in [1.165, 1.54) is 38.5 Å². The Morgan fingerprint density at radius 3 is 2.47 bits per heavy atom. The van der Waals surface area contributed by atoms with Gasteiger partial charge in [-0.2, -0.15) is 0 Å². The minimum atomic E-state index is -0.435. The maximum atomic E-state index is 10.4. The predicted octanol–water partition coefficient (Wildman–Crippen LogP) is 7.01. The Balaban J connectivity index is 1.41. The molecule has 0 radical (unpaired) electrons. The average molecular weight is 443 g/mol. The van der Waals surface area contributed by atoms with Gasteiger partial charge in [0.1, 0.15) is 11.2 Å². The number of rotatable bonds is 5. The Kier molecular flexibility index (Phi) is 5.55. The van der Waals surface area contributed by atoms with Gasteiger partial charge >= 0.3 is 0 Å². The molecule has 1 N–H and O–H groups in total. The minimum absolute atomic E-state index is 0.0718. The van der Waals surface area contributed by atoms with Crippen LogP contribution in [0.1, 0.15) is 99.3 Å². The van der Waals surface area contributed by atoms with Gasteiger partial charge in [0.15, 0.2) is 0 Å². The summed E-state index contributed by atoms with van der Waals surface area (Å²) in [5.74, 6) is 3.20. The van der Waals surface area contributed by atoms with E-state index in [1.54, 1.807) is 5.57 Å². The van der Waals surface area contributed by atoms with E-state index in [1.807, 2.05) is 0 Å². The summed E-state index contributed by atoms with van der Waals surface area (Å²) >= 11 is 0. The fourth-order valence-electron chi connectivity index (χ4n) is 9.44. The molecule has 0 amide bonds. The van der Waals surface area contributed by atoms with E-state index in [0.29, 0.717) is 29.6 Å². The highest BCUT2D eigenvalue weighted by Crippen LogP contribution is 2.72. The first-order chi connectivity index (χ1) is 15.1. The molecule has 6 aliphatic rings. The smallest absolute Gasteiger partial charge is 0.130 e. The van der Waals surface area contributed by atoms with Crippen molar-refractivity contribution in [1.82, 2.24) is 0 Å². The summed E-state index contributed by atoms with van der Waals surface area (Å²) in [5.41, 5.74) is 1.30. The van der Waals surface area contributed by atoms with Gasteiger partial charge < -0.3 is 5.11 Å². The van der Waals surface area contributed by atoms with Crippen LogP contribution in [-0.2, 0) is 9.78 Å². The third-order valence-corrected chi connectivity index (χ3v) is 11.4. The summed E-state index contributed by atoms with van der Waals surface area (Å²) < 4.78 is 0. The third kappa shape index (κ3) is 2.96. The number of aliphatic hydroxyl groups is 1. The number of aliphatic hydroxyl groups excluding tert-OH is 1. The topological polar surface area (TPSA) is 38.7 Å². The SMILES string of the molecule is C/C=C(/CC[C@@H](C)[C@H]1CC[C@@H]2[C@]1(C)CC[C@H]1[C@]23C=C[C@]2(C[C@@H](O)CC[C@]12C)OO3)C(C)C. The summed E-state index contributed by atoms with van der Waals surface area (Å²) in [6.45, 7) is 14.4. The second-order valence-corrected chi connectivity index (χ2v) is 12.9. The molecule has 3 saturated carbocycles. The molecule has 0 unspecified atom stereocenters. The molecule has 0 aromatic carbocycles. The number of hydrogen-bond donors (Lipinski definition) is 1. The maximum absolute atomic E-state index is 10.4. The highest BCUT2D eigenvalue weighted by Gasteiger charge is 2.74. The van der Waals surface area contributed by atoms with Gasteiger partial charge in [0.25, 0.3) is 0 Å². The summed E-state index contributed by atoms with van der Waals surface area (Å²) in [7, 11) is 0. The summed E-state index contributed by atoms with van der Waals surface area (Å²) in [6, 6.07) is 0. The van der Waals surface area contributed by atoms with Crippen LogP contribution >= 0.6 is 0 Å². The van der Waals surface area contributed by atoms with Gasteiger partial charge in [0.05, 0.1) is 6.10 Å². The van der Waals surface area contributed by atoms with Crippen LogP contribution in [0.4, 0.5) is 0 Å². The molecule has 2 heterocycles. The van der Waals surface area contributed by atoms with E-state index in [-0.39, 0.29) is 17.1 Å². The fraction of sp³-hybridized carbons (Fsp3) is 0.862. The van der Waals surface area contributed by atoms with Crippen LogP contribution in [0.15, 0.2) is 23.8 Å². The van der Waals surface area contributed by atoms with E-state index >= 15 is 0 Å². The van der Waals surface area contributed by atoms with E-state index < -0.39 is 5.60 Å². The van der Waals surface area contributed by atoms with Gasteiger partial charge in [-0.05, 0) is 87.5 Å². The number of fused-ring (bicyclic) bond motifs is 2. The van der Waals surface area contributed by atoms with E-state index in [9.17, 15) is 5.11 Å². The fourth-order valence-corrected chi connectivity index (χ4v) is 9.44. The van der Waals surface area contributed by atoms with Crippen molar-refractivity contribution in [3.05, 3.63) is 23.8 Å². The molecule has 2 aliphatic heterocycles. The molecule has 4 fully saturated rings. The van der Waals surface area contributed by atoms with Crippen LogP contribution in [0.2, 0.25) is 0 Å². The van der Waals surface area contributed by atoms with Crippen LogP contribution in [0.5, 0.6) is 0 Å². The van der Waals surface area contributed by atoms with Crippen LogP contribution in [0.25, 0.3) is 0 Å². The Bertz CT molecular complexity index is 800. The van der Waals surface area contributed by atoms with Crippen LogP contribution < -0.4 is 0 Å². The highest BCUT2D eigenvalue weighted by molar-refractivity contribution is 5.33. The van der Waals surface area contributed by atoms with Crippen LogP contribution in [0.3, 0.4) is 0 Å². The Morgan fingerprint density at radius 2 is 1.81 bits per heavy atom. The second-order valence-electron chi connectivity index (χ2n) is 12.9. The van der Waals surface area contributed by atoms with Gasteiger partial charge in [-0.1, -0.05) is 52.3 Å². The van der Waals surface area contributed by atoms with Crippen molar-refractivity contribution in [2.24, 2.45) is 40.4 Å². The van der Waals surface area contributed by atoms with Crippen LogP contribution in [-0.4, -0.2) is 22.4 Å². The zero-order chi connectivity index (χ0) is 22.9. The number of hydrogen-bond acceptors (Lipinski definition) is 3. The zero-order valence-corrected chi connectivity index (χ0v) is 21.3. The van der Waals surface area contributed by atoms with Gasteiger partial charge in [0, 0.05) is 23.7 Å². The predicted molar refractivity (Wildman–Crippen MR) is 129 cm³/mol. The van der Waals surface area contributed by atoms with Crippen molar-refractivity contribution in [3.63, 3.8) is 0 Å². The molecular formula is C29H46O3. The Morgan fingerprint density at radius 1 is 1.03 bits per heavy atom. The highest BCUT2D eigenvalue weighted by atomic mass is 17.2. The molecular weight excluding hydrogens is 396 g/mol. The standard InChI is InChI=1S/C29H46O3/c1-7-21(19(2)3)9-8-20(4)23-10-11-24-26(23,5)14-13-25-27(6)15-12-22(30)18-28(27)16-17-29(24,25)32-31-28/h7,16-17,19-20,22-25,30H,8-15,18H2,1-6H3/b21-7-/t20-,22+,23-,24-,25-,26-,27-,28-,29+/m1/s1. The molecule has 0 aromatic rings. The molecule has 0 aromatic heterocycles. The lowest BCUT2D eigenvalue weighted by Gasteiger charge is -2.69. The van der Waals surface area contributed by atoms with Crippen molar-refractivity contribution in [2.45, 2.75) is 117 Å². The van der Waals surface area contributed by atoms with Gasteiger partial charge in [0.2, 0.25) is 0 Å².